The highest BCUT2D eigenvalue weighted by Crippen LogP contribution is 2.22. The van der Waals surface area contributed by atoms with Gasteiger partial charge in [0.05, 0.1) is 11.8 Å². The van der Waals surface area contributed by atoms with Gasteiger partial charge < -0.3 is 9.73 Å². The third-order valence-corrected chi connectivity index (χ3v) is 2.86. The number of amides is 1. The molecule has 0 bridgehead atoms. The van der Waals surface area contributed by atoms with Crippen LogP contribution < -0.4 is 5.32 Å². The van der Waals surface area contributed by atoms with E-state index in [4.69, 9.17) is 4.42 Å². The minimum Gasteiger partial charge on any atom is -0.466 e. The molecule has 17 heavy (non-hydrogen) atoms. The van der Waals surface area contributed by atoms with Crippen molar-refractivity contribution < 1.29 is 9.21 Å². The highest BCUT2D eigenvalue weighted by Gasteiger charge is 2.19. The Morgan fingerprint density at radius 3 is 2.47 bits per heavy atom. The molecule has 0 aliphatic carbocycles. The van der Waals surface area contributed by atoms with Crippen LogP contribution in [0.4, 0.5) is 5.82 Å². The summed E-state index contributed by atoms with van der Waals surface area (Å²) in [6, 6.07) is 0. The lowest BCUT2D eigenvalue weighted by Crippen LogP contribution is -2.14. The van der Waals surface area contributed by atoms with Crippen molar-refractivity contribution in [2.45, 2.75) is 27.7 Å². The SMILES string of the molecule is Cc1cn[nH]c1NC(=O)c1c(C)oc(C)c1C. The largest absolute Gasteiger partial charge is 0.466 e. The van der Waals surface area contributed by atoms with Crippen molar-refractivity contribution in [2.75, 3.05) is 5.32 Å². The predicted octanol–water partition coefficient (Wildman–Crippen LogP) is 2.49. The number of aromatic nitrogens is 2. The van der Waals surface area contributed by atoms with E-state index < -0.39 is 0 Å². The first kappa shape index (κ1) is 11.4. The smallest absolute Gasteiger partial charge is 0.260 e. The highest BCUT2D eigenvalue weighted by atomic mass is 16.3. The second-order valence-electron chi connectivity index (χ2n) is 4.10. The first-order valence-corrected chi connectivity index (χ1v) is 5.38. The number of nitrogens with one attached hydrogen (secondary N) is 2. The predicted molar refractivity (Wildman–Crippen MR) is 64.2 cm³/mol. The monoisotopic (exact) mass is 233 g/mol. The summed E-state index contributed by atoms with van der Waals surface area (Å²) in [5, 5.41) is 9.38. The number of anilines is 1. The van der Waals surface area contributed by atoms with Crippen LogP contribution in [0.2, 0.25) is 0 Å². The number of H-pyrrole nitrogens is 1. The van der Waals surface area contributed by atoms with Crippen molar-refractivity contribution >= 4 is 11.7 Å². The highest BCUT2D eigenvalue weighted by molar-refractivity contribution is 6.05. The van der Waals surface area contributed by atoms with Crippen molar-refractivity contribution in [3.05, 3.63) is 34.4 Å². The molecule has 2 aromatic rings. The normalized spacial score (nSPS) is 10.6. The zero-order chi connectivity index (χ0) is 12.6. The molecule has 0 spiro atoms. The van der Waals surface area contributed by atoms with Gasteiger partial charge in [-0.05, 0) is 27.7 Å². The molecule has 0 saturated heterocycles. The van der Waals surface area contributed by atoms with Crippen LogP contribution in [-0.2, 0) is 0 Å². The topological polar surface area (TPSA) is 70.9 Å². The number of rotatable bonds is 2. The lowest BCUT2D eigenvalue weighted by Gasteiger charge is -2.03. The lowest BCUT2D eigenvalue weighted by molar-refractivity contribution is 0.102. The lowest BCUT2D eigenvalue weighted by atomic mass is 10.1. The molecule has 5 nitrogen and oxygen atoms in total. The molecule has 1 amide bonds. The first-order valence-electron chi connectivity index (χ1n) is 5.38. The van der Waals surface area contributed by atoms with Gasteiger partial charge in [0.2, 0.25) is 0 Å². The van der Waals surface area contributed by atoms with Gasteiger partial charge in [0.15, 0.2) is 0 Å². The average Bonchev–Trinajstić information content (AvgIpc) is 2.74. The van der Waals surface area contributed by atoms with Crippen LogP contribution in [0.25, 0.3) is 0 Å². The van der Waals surface area contributed by atoms with Crippen molar-refractivity contribution in [1.82, 2.24) is 10.2 Å². The minimum atomic E-state index is -0.177. The zero-order valence-corrected chi connectivity index (χ0v) is 10.3. The zero-order valence-electron chi connectivity index (χ0n) is 10.3. The van der Waals surface area contributed by atoms with Gasteiger partial charge in [-0.1, -0.05) is 0 Å². The van der Waals surface area contributed by atoms with Gasteiger partial charge in [-0.25, -0.2) is 0 Å². The molecule has 0 atom stereocenters. The number of aromatic amines is 1. The number of furan rings is 1. The summed E-state index contributed by atoms with van der Waals surface area (Å²) >= 11 is 0. The molecular weight excluding hydrogens is 218 g/mol. The Bertz CT molecular complexity index is 566. The fourth-order valence-corrected chi connectivity index (χ4v) is 1.78. The Morgan fingerprint density at radius 2 is 2.00 bits per heavy atom. The van der Waals surface area contributed by atoms with E-state index in [9.17, 15) is 4.79 Å². The van der Waals surface area contributed by atoms with Gasteiger partial charge in [-0.3, -0.25) is 9.89 Å². The van der Waals surface area contributed by atoms with Gasteiger partial charge in [-0.15, -0.1) is 0 Å². The van der Waals surface area contributed by atoms with E-state index in [1.165, 1.54) is 0 Å². The number of hydrogen-bond donors (Lipinski definition) is 2. The Kier molecular flexibility index (Phi) is 2.75. The molecule has 0 radical (unpaired) electrons. The molecule has 0 fully saturated rings. The standard InChI is InChI=1S/C12H15N3O2/c1-6-5-13-15-11(6)14-12(16)10-7(2)8(3)17-9(10)4/h5H,1-4H3,(H2,13,14,15,16). The molecule has 0 saturated carbocycles. The van der Waals surface area contributed by atoms with Crippen LogP contribution in [0.15, 0.2) is 10.6 Å². The summed E-state index contributed by atoms with van der Waals surface area (Å²) in [5.41, 5.74) is 2.36. The maximum absolute atomic E-state index is 12.1. The van der Waals surface area contributed by atoms with E-state index in [1.54, 1.807) is 13.1 Å². The van der Waals surface area contributed by atoms with Crippen LogP contribution in [0.5, 0.6) is 0 Å². The fourth-order valence-electron chi connectivity index (χ4n) is 1.78. The maximum atomic E-state index is 12.1. The van der Waals surface area contributed by atoms with E-state index in [0.29, 0.717) is 17.1 Å². The molecule has 2 rings (SSSR count). The van der Waals surface area contributed by atoms with Gasteiger partial charge in [0, 0.05) is 11.1 Å². The summed E-state index contributed by atoms with van der Waals surface area (Å²) < 4.78 is 5.43. The molecular formula is C12H15N3O2. The second kappa shape index (κ2) is 4.08. The van der Waals surface area contributed by atoms with Gasteiger partial charge in [-0.2, -0.15) is 5.10 Å². The molecule has 2 N–H and O–H groups in total. The Balaban J connectivity index is 2.29. The number of nitrogens with zero attached hydrogens (tertiary/aromatic N) is 1. The van der Waals surface area contributed by atoms with Crippen LogP contribution in [0, 0.1) is 27.7 Å². The van der Waals surface area contributed by atoms with E-state index in [0.717, 1.165) is 16.9 Å². The summed E-state index contributed by atoms with van der Waals surface area (Å²) in [6.07, 6.45) is 1.66. The summed E-state index contributed by atoms with van der Waals surface area (Å²) in [6.45, 7) is 7.38. The third kappa shape index (κ3) is 1.95. The molecule has 90 valence electrons. The summed E-state index contributed by atoms with van der Waals surface area (Å²) in [4.78, 5) is 12.1. The molecule has 0 aliphatic heterocycles. The first-order chi connectivity index (χ1) is 8.00. The van der Waals surface area contributed by atoms with Crippen molar-refractivity contribution in [3.63, 3.8) is 0 Å². The molecule has 5 heteroatoms. The molecule has 0 unspecified atom stereocenters. The number of carbonyl (C=O) groups excluding carboxylic acids is 1. The quantitative estimate of drug-likeness (QED) is 0.837. The van der Waals surface area contributed by atoms with Crippen molar-refractivity contribution in [1.29, 1.82) is 0 Å². The van der Waals surface area contributed by atoms with Crippen molar-refractivity contribution in [3.8, 4) is 0 Å². The Hall–Kier alpha value is -2.04. The Morgan fingerprint density at radius 1 is 1.29 bits per heavy atom. The van der Waals surface area contributed by atoms with E-state index in [-0.39, 0.29) is 5.91 Å². The molecule has 0 aromatic carbocycles. The van der Waals surface area contributed by atoms with Gasteiger partial charge in [0.25, 0.3) is 5.91 Å². The number of hydrogen-bond acceptors (Lipinski definition) is 3. The van der Waals surface area contributed by atoms with Gasteiger partial charge in [0.1, 0.15) is 17.3 Å². The van der Waals surface area contributed by atoms with Crippen LogP contribution in [-0.4, -0.2) is 16.1 Å². The second-order valence-corrected chi connectivity index (χ2v) is 4.10. The van der Waals surface area contributed by atoms with E-state index in [1.807, 2.05) is 20.8 Å². The van der Waals surface area contributed by atoms with Crippen LogP contribution in [0.3, 0.4) is 0 Å². The summed E-state index contributed by atoms with van der Waals surface area (Å²) in [5.74, 6) is 1.85. The molecule has 0 aliphatic rings. The molecule has 2 heterocycles. The van der Waals surface area contributed by atoms with E-state index >= 15 is 0 Å². The van der Waals surface area contributed by atoms with Gasteiger partial charge >= 0.3 is 0 Å². The number of aryl methyl sites for hydroxylation is 3. The fraction of sp³-hybridized carbons (Fsp3) is 0.333. The molecule has 2 aromatic heterocycles. The average molecular weight is 233 g/mol. The third-order valence-electron chi connectivity index (χ3n) is 2.86. The maximum Gasteiger partial charge on any atom is 0.260 e. The van der Waals surface area contributed by atoms with Crippen molar-refractivity contribution in [2.24, 2.45) is 0 Å². The van der Waals surface area contributed by atoms with E-state index in [2.05, 4.69) is 15.5 Å². The van der Waals surface area contributed by atoms with Crippen LogP contribution in [0.1, 0.15) is 33.0 Å². The minimum absolute atomic E-state index is 0.177. The van der Waals surface area contributed by atoms with Crippen LogP contribution >= 0.6 is 0 Å². The Labute approximate surface area is 99.2 Å². The summed E-state index contributed by atoms with van der Waals surface area (Å²) in [7, 11) is 0. The number of carbonyl (C=O) groups is 1.